The van der Waals surface area contributed by atoms with Crippen LogP contribution in [0.25, 0.3) is 21.7 Å². The van der Waals surface area contributed by atoms with Gasteiger partial charge in [-0.2, -0.15) is 5.26 Å². The van der Waals surface area contributed by atoms with Gasteiger partial charge in [0.15, 0.2) is 0 Å². The summed E-state index contributed by atoms with van der Waals surface area (Å²) in [6, 6.07) is 15.6. The molecule has 0 saturated carbocycles. The van der Waals surface area contributed by atoms with Crippen LogP contribution in [-0.4, -0.2) is 41.0 Å². The first-order chi connectivity index (χ1) is 17.4. The predicted molar refractivity (Wildman–Crippen MR) is 139 cm³/mol. The topological polar surface area (TPSA) is 120 Å². The van der Waals surface area contributed by atoms with Crippen LogP contribution in [0.15, 0.2) is 60.9 Å². The largest absolute Gasteiger partial charge is 0.496 e. The highest BCUT2D eigenvalue weighted by Crippen LogP contribution is 2.26. The van der Waals surface area contributed by atoms with Gasteiger partial charge in [0, 0.05) is 35.1 Å². The minimum atomic E-state index is -0.799. The van der Waals surface area contributed by atoms with E-state index in [1.165, 1.54) is 0 Å². The number of methoxy groups -OCH3 is 1. The third kappa shape index (κ3) is 5.47. The Kier molecular flexibility index (Phi) is 7.50. The van der Waals surface area contributed by atoms with Crippen LogP contribution in [0.2, 0.25) is 0 Å². The molecule has 2 heterocycles. The Morgan fingerprint density at radius 2 is 1.89 bits per heavy atom. The van der Waals surface area contributed by atoms with Crippen LogP contribution in [0.4, 0.5) is 0 Å². The van der Waals surface area contributed by atoms with E-state index in [2.05, 4.69) is 26.7 Å². The third-order valence-electron chi connectivity index (χ3n) is 6.06. The molecule has 2 aromatic carbocycles. The van der Waals surface area contributed by atoms with E-state index in [1.54, 1.807) is 25.6 Å². The van der Waals surface area contributed by atoms with Crippen molar-refractivity contribution >= 4 is 33.5 Å². The predicted octanol–water partition coefficient (Wildman–Crippen LogP) is 4.12. The number of nitrogens with one attached hydrogen (secondary N) is 3. The SMILES string of the molecule is COc1cccc2[nH]c(C(=O)N[C@@H](CC(C)C)C(=O)N[C@H](C#N)Cc3cncc4ccccc34)cc12. The van der Waals surface area contributed by atoms with Gasteiger partial charge in [-0.25, -0.2) is 0 Å². The van der Waals surface area contributed by atoms with Gasteiger partial charge in [-0.15, -0.1) is 0 Å². The first kappa shape index (κ1) is 24.7. The van der Waals surface area contributed by atoms with Gasteiger partial charge in [0.25, 0.3) is 5.91 Å². The average Bonchev–Trinajstić information content (AvgIpc) is 3.32. The fourth-order valence-corrected chi connectivity index (χ4v) is 4.33. The van der Waals surface area contributed by atoms with Crippen molar-refractivity contribution in [2.45, 2.75) is 38.8 Å². The van der Waals surface area contributed by atoms with E-state index < -0.39 is 23.9 Å². The molecule has 2 atom stereocenters. The first-order valence-corrected chi connectivity index (χ1v) is 11.9. The lowest BCUT2D eigenvalue weighted by Gasteiger charge is -2.22. The molecule has 3 N–H and O–H groups in total. The van der Waals surface area contributed by atoms with Gasteiger partial charge in [0.2, 0.25) is 5.91 Å². The van der Waals surface area contributed by atoms with Crippen LogP contribution < -0.4 is 15.4 Å². The summed E-state index contributed by atoms with van der Waals surface area (Å²) in [4.78, 5) is 33.6. The van der Waals surface area contributed by atoms with E-state index in [-0.39, 0.29) is 5.92 Å². The van der Waals surface area contributed by atoms with Crippen molar-refractivity contribution in [3.05, 3.63) is 72.2 Å². The van der Waals surface area contributed by atoms with E-state index in [1.807, 2.05) is 56.3 Å². The molecule has 2 amide bonds. The second kappa shape index (κ2) is 10.9. The molecule has 36 heavy (non-hydrogen) atoms. The normalized spacial score (nSPS) is 12.8. The summed E-state index contributed by atoms with van der Waals surface area (Å²) in [7, 11) is 1.57. The minimum absolute atomic E-state index is 0.145. The molecule has 2 aromatic heterocycles. The van der Waals surface area contributed by atoms with Gasteiger partial charge >= 0.3 is 0 Å². The number of carbonyl (C=O) groups excluding carboxylic acids is 2. The van der Waals surface area contributed by atoms with E-state index in [4.69, 9.17) is 4.74 Å². The lowest BCUT2D eigenvalue weighted by molar-refractivity contribution is -0.123. The number of carbonyl (C=O) groups is 2. The summed E-state index contributed by atoms with van der Waals surface area (Å²) in [5.74, 6) is -0.00276. The Balaban J connectivity index is 1.50. The number of H-pyrrole nitrogens is 1. The Morgan fingerprint density at radius 1 is 1.08 bits per heavy atom. The number of nitrogens with zero attached hydrogens (tertiary/aromatic N) is 2. The quantitative estimate of drug-likeness (QED) is 0.331. The van der Waals surface area contributed by atoms with Gasteiger partial charge in [-0.3, -0.25) is 14.6 Å². The zero-order chi connectivity index (χ0) is 25.7. The molecule has 4 aromatic rings. The Bertz CT molecular complexity index is 1430. The second-order valence-corrected chi connectivity index (χ2v) is 9.17. The van der Waals surface area contributed by atoms with Crippen molar-refractivity contribution < 1.29 is 14.3 Å². The molecule has 0 fully saturated rings. The molecule has 4 rings (SSSR count). The number of ether oxygens (including phenoxy) is 1. The molecule has 0 unspecified atom stereocenters. The van der Waals surface area contributed by atoms with Crippen LogP contribution in [0.1, 0.15) is 36.3 Å². The summed E-state index contributed by atoms with van der Waals surface area (Å²) in [6.07, 6.45) is 4.22. The lowest BCUT2D eigenvalue weighted by atomic mass is 10.00. The second-order valence-electron chi connectivity index (χ2n) is 9.17. The fraction of sp³-hybridized carbons (Fsp3) is 0.286. The van der Waals surface area contributed by atoms with E-state index >= 15 is 0 Å². The van der Waals surface area contributed by atoms with E-state index in [9.17, 15) is 14.9 Å². The van der Waals surface area contributed by atoms with Gasteiger partial charge in [-0.05, 0) is 41.5 Å². The molecule has 0 aliphatic carbocycles. The number of hydrogen-bond acceptors (Lipinski definition) is 5. The number of pyridine rings is 1. The number of hydrogen-bond donors (Lipinski definition) is 3. The molecule has 0 aliphatic heterocycles. The highest BCUT2D eigenvalue weighted by Gasteiger charge is 2.26. The standard InChI is InChI=1S/C28H29N5O3/c1-17(2)11-24(33-28(35)25-13-22-23(32-25)9-6-10-26(22)36-3)27(34)31-20(14-29)12-19-16-30-15-18-7-4-5-8-21(18)19/h4-10,13,15-17,20,24,32H,11-12H2,1-3H3,(H,31,34)(H,33,35)/t20-,24-/m0/s1. The van der Waals surface area contributed by atoms with Crippen molar-refractivity contribution in [3.8, 4) is 11.8 Å². The number of aromatic nitrogens is 2. The zero-order valence-electron chi connectivity index (χ0n) is 20.5. The van der Waals surface area contributed by atoms with E-state index in [0.717, 1.165) is 27.2 Å². The lowest BCUT2D eigenvalue weighted by Crippen LogP contribution is -2.50. The summed E-state index contributed by atoms with van der Waals surface area (Å²) < 4.78 is 5.37. The van der Waals surface area contributed by atoms with Crippen molar-refractivity contribution in [1.82, 2.24) is 20.6 Å². The van der Waals surface area contributed by atoms with Crippen molar-refractivity contribution in [2.24, 2.45) is 5.92 Å². The molecular weight excluding hydrogens is 454 g/mol. The summed E-state index contributed by atoms with van der Waals surface area (Å²) in [5.41, 5.74) is 1.96. The Hall–Kier alpha value is -4.38. The summed E-state index contributed by atoms with van der Waals surface area (Å²) in [5, 5.41) is 18.2. The maximum Gasteiger partial charge on any atom is 0.268 e. The summed E-state index contributed by atoms with van der Waals surface area (Å²) >= 11 is 0. The minimum Gasteiger partial charge on any atom is -0.496 e. The molecule has 0 radical (unpaired) electrons. The van der Waals surface area contributed by atoms with Crippen LogP contribution >= 0.6 is 0 Å². The number of benzene rings is 2. The summed E-state index contributed by atoms with van der Waals surface area (Å²) in [6.45, 7) is 3.95. The molecular formula is C28H29N5O3. The van der Waals surface area contributed by atoms with Gasteiger partial charge < -0.3 is 20.4 Å². The van der Waals surface area contributed by atoms with Crippen molar-refractivity contribution in [1.29, 1.82) is 5.26 Å². The van der Waals surface area contributed by atoms with Crippen molar-refractivity contribution in [2.75, 3.05) is 7.11 Å². The molecule has 8 heteroatoms. The molecule has 184 valence electrons. The number of fused-ring (bicyclic) bond motifs is 2. The molecule has 8 nitrogen and oxygen atoms in total. The number of rotatable bonds is 9. The zero-order valence-corrected chi connectivity index (χ0v) is 20.5. The Morgan fingerprint density at radius 3 is 2.64 bits per heavy atom. The fourth-order valence-electron chi connectivity index (χ4n) is 4.33. The van der Waals surface area contributed by atoms with Crippen molar-refractivity contribution in [3.63, 3.8) is 0 Å². The number of nitriles is 1. The van der Waals surface area contributed by atoms with Crippen LogP contribution in [0, 0.1) is 17.2 Å². The highest BCUT2D eigenvalue weighted by molar-refractivity contribution is 6.01. The van der Waals surface area contributed by atoms with Gasteiger partial charge in [-0.1, -0.05) is 44.2 Å². The molecule has 0 aliphatic rings. The maximum atomic E-state index is 13.2. The monoisotopic (exact) mass is 483 g/mol. The van der Waals surface area contributed by atoms with Gasteiger partial charge in [0.05, 0.1) is 13.2 Å². The Labute approximate surface area is 209 Å². The van der Waals surface area contributed by atoms with Gasteiger partial charge in [0.1, 0.15) is 23.5 Å². The highest BCUT2D eigenvalue weighted by atomic mass is 16.5. The van der Waals surface area contributed by atoms with Crippen LogP contribution in [0.5, 0.6) is 5.75 Å². The molecule has 0 bridgehead atoms. The van der Waals surface area contributed by atoms with Crippen LogP contribution in [0.3, 0.4) is 0 Å². The molecule has 0 spiro atoms. The smallest absolute Gasteiger partial charge is 0.268 e. The maximum absolute atomic E-state index is 13.2. The number of aromatic amines is 1. The van der Waals surface area contributed by atoms with E-state index in [0.29, 0.717) is 24.3 Å². The number of amides is 2. The first-order valence-electron chi connectivity index (χ1n) is 11.9. The van der Waals surface area contributed by atoms with Crippen LogP contribution in [-0.2, 0) is 11.2 Å². The average molecular weight is 484 g/mol. The molecule has 0 saturated heterocycles. The third-order valence-corrected chi connectivity index (χ3v) is 6.06.